The summed E-state index contributed by atoms with van der Waals surface area (Å²) < 4.78 is 92.2. The molecule has 2 bridgehead atoms. The fourth-order valence-corrected chi connectivity index (χ4v) is 3.51. The van der Waals surface area contributed by atoms with Gasteiger partial charge < -0.3 is 17.3 Å². The van der Waals surface area contributed by atoms with Gasteiger partial charge in [-0.1, -0.05) is 59.2 Å². The topological polar surface area (TPSA) is 0 Å². The Kier molecular flexibility index (Phi) is 9.26. The third kappa shape index (κ3) is 7.04. The maximum atomic E-state index is 13.5. The second kappa shape index (κ2) is 10.6. The minimum Gasteiger partial charge on any atom is -0.418 e. The Morgan fingerprint density at radius 3 is 1.00 bits per heavy atom. The molecule has 0 aromatic heterocycles. The van der Waals surface area contributed by atoms with Gasteiger partial charge in [-0.25, -0.2) is 17.6 Å². The number of allylic oxidation sites excluding steroid dienone is 4. The van der Waals surface area contributed by atoms with Crippen molar-refractivity contribution in [3.05, 3.63) is 93.6 Å². The van der Waals surface area contributed by atoms with E-state index < -0.39 is 42.4 Å². The zero-order valence-corrected chi connectivity index (χ0v) is 19.0. The summed E-state index contributed by atoms with van der Waals surface area (Å²) in [6, 6.07) is 6.56. The Morgan fingerprint density at radius 1 is 0.548 bits per heavy atom. The summed E-state index contributed by atoms with van der Waals surface area (Å²) >= 11 is 0. The first-order valence-electron chi connectivity index (χ1n) is 8.94. The van der Waals surface area contributed by atoms with Crippen LogP contribution in [-0.4, -0.2) is 7.25 Å². The van der Waals surface area contributed by atoms with E-state index in [4.69, 9.17) is 0 Å². The Morgan fingerprint density at radius 2 is 0.774 bits per heavy atom. The fraction of sp³-hybridized carbons (Fsp3) is 0.238. The molecule has 0 saturated carbocycles. The van der Waals surface area contributed by atoms with E-state index in [9.17, 15) is 34.8 Å². The summed E-state index contributed by atoms with van der Waals surface area (Å²) in [6.45, 7) is 6.38. The normalized spacial score (nSPS) is 17.6. The summed E-state index contributed by atoms with van der Waals surface area (Å²) in [5.41, 5.74) is 3.91. The van der Waals surface area contributed by atoms with Crippen LogP contribution in [0.4, 0.5) is 34.8 Å². The van der Waals surface area contributed by atoms with Crippen LogP contribution in [0, 0.1) is 44.0 Å². The van der Waals surface area contributed by atoms with Crippen LogP contribution >= 0.6 is 0 Å². The number of benzene rings is 2. The maximum Gasteiger partial charge on any atom is 0.673 e. The van der Waals surface area contributed by atoms with Crippen molar-refractivity contribution < 1.29 is 54.9 Å². The molecule has 0 N–H and O–H groups in total. The predicted octanol–water partition coefficient (Wildman–Crippen LogP) is 7.46. The summed E-state index contributed by atoms with van der Waals surface area (Å²) in [4.78, 5) is 0. The van der Waals surface area contributed by atoms with Crippen LogP contribution in [0.3, 0.4) is 0 Å². The van der Waals surface area contributed by atoms with Gasteiger partial charge >= 0.3 is 7.25 Å². The first-order chi connectivity index (χ1) is 13.8. The zero-order valence-electron chi connectivity index (χ0n) is 16.6. The predicted molar refractivity (Wildman–Crippen MR) is 101 cm³/mol. The van der Waals surface area contributed by atoms with Gasteiger partial charge in [0.15, 0.2) is 23.3 Å². The molecule has 3 aliphatic carbocycles. The van der Waals surface area contributed by atoms with Gasteiger partial charge in [0.1, 0.15) is 0 Å². The smallest absolute Gasteiger partial charge is 0.418 e. The SMILES string of the molecule is Cc1cc(C)cc(C)c1.F[B-](F)(F)F.Fc1c(F)c(F)c2c(c1F)C1C=CC2C=C1.[Ir]. The Bertz CT molecular complexity index is 881. The molecule has 0 unspecified atom stereocenters. The third-order valence-electron chi connectivity index (χ3n) is 4.43. The molecule has 5 rings (SSSR count). The molecule has 0 nitrogen and oxygen atoms in total. The molecule has 0 saturated heterocycles. The van der Waals surface area contributed by atoms with E-state index in [0.717, 1.165) is 0 Å². The number of aryl methyl sites for hydroxylation is 3. The van der Waals surface area contributed by atoms with E-state index in [-0.39, 0.29) is 31.2 Å². The van der Waals surface area contributed by atoms with Crippen molar-refractivity contribution in [2.24, 2.45) is 0 Å². The van der Waals surface area contributed by atoms with Crippen molar-refractivity contribution in [3.8, 4) is 0 Å². The van der Waals surface area contributed by atoms with Crippen LogP contribution in [0.2, 0.25) is 0 Å². The molecule has 171 valence electrons. The molecule has 0 heterocycles. The van der Waals surface area contributed by atoms with E-state index in [1.165, 1.54) is 16.7 Å². The first-order valence-corrected chi connectivity index (χ1v) is 8.94. The molecule has 0 aliphatic heterocycles. The molecule has 10 heteroatoms. The standard InChI is InChI=1S/C12H6F4.C9H12.BF4.Ir/c13-9-7-5-1-2-6(4-3-5)8(7)10(14)12(16)11(9)15;1-7-4-8(2)6-9(3)5-7;2-1(3,4)5;/h1-6H;4-6H,1-3H3;;/q;;-1;. The Balaban J connectivity index is 0.000000273. The molecule has 3 aliphatic rings. The number of hydrogen-bond acceptors (Lipinski definition) is 0. The second-order valence-corrected chi connectivity index (χ2v) is 7.06. The molecule has 2 aromatic rings. The van der Waals surface area contributed by atoms with Crippen LogP contribution in [0.5, 0.6) is 0 Å². The van der Waals surface area contributed by atoms with Crippen LogP contribution in [-0.2, 0) is 20.1 Å². The summed E-state index contributed by atoms with van der Waals surface area (Å²) in [5.74, 6) is -7.01. The van der Waals surface area contributed by atoms with E-state index in [2.05, 4.69) is 39.0 Å². The van der Waals surface area contributed by atoms with E-state index in [1.54, 1.807) is 24.3 Å². The van der Waals surface area contributed by atoms with Crippen LogP contribution in [0.15, 0.2) is 42.5 Å². The molecule has 0 fully saturated rings. The Hall–Kier alpha value is -1.93. The van der Waals surface area contributed by atoms with Crippen molar-refractivity contribution >= 4 is 7.25 Å². The third-order valence-corrected chi connectivity index (χ3v) is 4.43. The molecule has 0 spiro atoms. The second-order valence-electron chi connectivity index (χ2n) is 7.06. The van der Waals surface area contributed by atoms with Gasteiger partial charge in [0.05, 0.1) is 0 Å². The maximum absolute atomic E-state index is 13.5. The van der Waals surface area contributed by atoms with E-state index in [0.29, 0.717) is 0 Å². The Labute approximate surface area is 188 Å². The van der Waals surface area contributed by atoms with Crippen molar-refractivity contribution in [3.63, 3.8) is 0 Å². The summed E-state index contributed by atoms with van der Waals surface area (Å²) in [6.07, 6.45) is 6.64. The molecule has 0 atom stereocenters. The van der Waals surface area contributed by atoms with Gasteiger partial charge in [-0.15, -0.1) is 0 Å². The molecule has 1 radical (unpaired) electrons. The average molecular weight is 625 g/mol. The van der Waals surface area contributed by atoms with Gasteiger partial charge in [0.2, 0.25) is 0 Å². The first kappa shape index (κ1) is 27.1. The summed E-state index contributed by atoms with van der Waals surface area (Å²) in [7, 11) is -6.00. The molecule has 0 amide bonds. The minimum atomic E-state index is -6.00. The quantitative estimate of drug-likeness (QED) is 0.0938. The number of hydrogen-bond donors (Lipinski definition) is 0. The molecular weight excluding hydrogens is 607 g/mol. The van der Waals surface area contributed by atoms with Crippen molar-refractivity contribution in [2.45, 2.75) is 32.6 Å². The van der Waals surface area contributed by atoms with Gasteiger partial charge in [0.25, 0.3) is 0 Å². The van der Waals surface area contributed by atoms with Crippen LogP contribution < -0.4 is 0 Å². The minimum absolute atomic E-state index is 0. The zero-order chi connectivity index (χ0) is 22.8. The average Bonchev–Trinajstić information content (AvgIpc) is 2.63. The number of rotatable bonds is 0. The molecule has 2 aromatic carbocycles. The van der Waals surface area contributed by atoms with Crippen molar-refractivity contribution in [1.29, 1.82) is 0 Å². The van der Waals surface area contributed by atoms with Crippen molar-refractivity contribution in [2.75, 3.05) is 0 Å². The van der Waals surface area contributed by atoms with E-state index >= 15 is 0 Å². The van der Waals surface area contributed by atoms with E-state index in [1.807, 2.05) is 0 Å². The number of halogens is 8. The van der Waals surface area contributed by atoms with Crippen LogP contribution in [0.25, 0.3) is 0 Å². The molecule has 31 heavy (non-hydrogen) atoms. The van der Waals surface area contributed by atoms with Crippen LogP contribution in [0.1, 0.15) is 39.7 Å². The van der Waals surface area contributed by atoms with Crippen molar-refractivity contribution in [1.82, 2.24) is 0 Å². The monoisotopic (exact) mass is 626 g/mol. The van der Waals surface area contributed by atoms with Gasteiger partial charge in [0, 0.05) is 43.1 Å². The van der Waals surface area contributed by atoms with Gasteiger partial charge in [-0.3, -0.25) is 0 Å². The summed E-state index contributed by atoms with van der Waals surface area (Å²) in [5, 5.41) is 0. The molecular formula is C21H18BF8Ir-. The fourth-order valence-electron chi connectivity index (χ4n) is 3.51. The largest absolute Gasteiger partial charge is 0.673 e. The van der Waals surface area contributed by atoms with Gasteiger partial charge in [-0.2, -0.15) is 0 Å². The van der Waals surface area contributed by atoms with Gasteiger partial charge in [-0.05, 0) is 20.8 Å².